The van der Waals surface area contributed by atoms with Crippen molar-refractivity contribution in [1.29, 1.82) is 0 Å². The van der Waals surface area contributed by atoms with Gasteiger partial charge in [-0.3, -0.25) is 0 Å². The van der Waals surface area contributed by atoms with Gasteiger partial charge in [0, 0.05) is 32.6 Å². The summed E-state index contributed by atoms with van der Waals surface area (Å²) < 4.78 is 21.1. The molecule has 4 nitrogen and oxygen atoms in total. The van der Waals surface area contributed by atoms with Gasteiger partial charge >= 0.3 is 0 Å². The van der Waals surface area contributed by atoms with Crippen molar-refractivity contribution in [2.24, 2.45) is 0 Å². The fraction of sp³-hybridized carbons (Fsp3) is 0.471. The maximum absolute atomic E-state index is 13.5. The van der Waals surface area contributed by atoms with E-state index in [0.29, 0.717) is 18.1 Å². The number of imidazole rings is 1. The predicted molar refractivity (Wildman–Crippen MR) is 92.4 cm³/mol. The Balaban J connectivity index is 2.15. The largest absolute Gasteiger partial charge is 0.389 e. The molecule has 0 aliphatic carbocycles. The third-order valence-corrected chi connectivity index (χ3v) is 5.35. The van der Waals surface area contributed by atoms with Gasteiger partial charge in [0.2, 0.25) is 0 Å². The van der Waals surface area contributed by atoms with Crippen molar-refractivity contribution in [3.63, 3.8) is 0 Å². The normalized spacial score (nSPS) is 13.3. The second-order valence-corrected chi connectivity index (χ2v) is 12.6. The summed E-state index contributed by atoms with van der Waals surface area (Å²) in [6.07, 6.45) is 2.75. The van der Waals surface area contributed by atoms with Crippen LogP contribution in [-0.4, -0.2) is 29.3 Å². The SMILES string of the molecule is C[C@H](O)c1cc(F)ccc1-c1nccn1COCC[Si](C)(C)C. The lowest BCUT2D eigenvalue weighted by Crippen LogP contribution is -2.22. The van der Waals surface area contributed by atoms with E-state index in [4.69, 9.17) is 4.74 Å². The first-order chi connectivity index (χ1) is 10.8. The molecular weight excluding hydrogens is 311 g/mol. The van der Waals surface area contributed by atoms with Gasteiger partial charge in [-0.2, -0.15) is 0 Å². The van der Waals surface area contributed by atoms with Gasteiger partial charge in [-0.1, -0.05) is 19.6 Å². The highest BCUT2D eigenvalue weighted by molar-refractivity contribution is 6.76. The van der Waals surface area contributed by atoms with E-state index in [-0.39, 0.29) is 5.82 Å². The van der Waals surface area contributed by atoms with Crippen molar-refractivity contribution < 1.29 is 14.2 Å². The maximum Gasteiger partial charge on any atom is 0.142 e. The number of hydrogen-bond acceptors (Lipinski definition) is 3. The lowest BCUT2D eigenvalue weighted by atomic mass is 10.0. The van der Waals surface area contributed by atoms with Crippen LogP contribution >= 0.6 is 0 Å². The van der Waals surface area contributed by atoms with Crippen LogP contribution in [0.4, 0.5) is 4.39 Å². The Morgan fingerprint density at radius 1 is 1.35 bits per heavy atom. The lowest BCUT2D eigenvalue weighted by molar-refractivity contribution is 0.0882. The molecule has 0 spiro atoms. The number of aliphatic hydroxyl groups excluding tert-OH is 1. The first-order valence-electron chi connectivity index (χ1n) is 7.85. The number of hydrogen-bond donors (Lipinski definition) is 1. The average Bonchev–Trinajstić information content (AvgIpc) is 2.90. The van der Waals surface area contributed by atoms with Gasteiger partial charge in [-0.05, 0) is 36.7 Å². The van der Waals surface area contributed by atoms with Crippen LogP contribution in [0.2, 0.25) is 25.7 Å². The Bertz CT molecular complexity index is 650. The molecule has 0 saturated heterocycles. The van der Waals surface area contributed by atoms with Crippen molar-refractivity contribution in [3.05, 3.63) is 42.0 Å². The molecule has 0 radical (unpaired) electrons. The number of rotatable bonds is 7. The molecule has 0 saturated carbocycles. The smallest absolute Gasteiger partial charge is 0.142 e. The van der Waals surface area contributed by atoms with E-state index in [1.807, 2.05) is 10.8 Å². The van der Waals surface area contributed by atoms with Crippen LogP contribution in [0.5, 0.6) is 0 Å². The van der Waals surface area contributed by atoms with Crippen molar-refractivity contribution in [2.75, 3.05) is 6.61 Å². The molecule has 0 fully saturated rings. The molecule has 1 N–H and O–H groups in total. The third kappa shape index (κ3) is 4.99. The van der Waals surface area contributed by atoms with Gasteiger partial charge in [-0.25, -0.2) is 9.37 Å². The Morgan fingerprint density at radius 2 is 2.09 bits per heavy atom. The zero-order chi connectivity index (χ0) is 17.0. The maximum atomic E-state index is 13.5. The van der Waals surface area contributed by atoms with E-state index in [0.717, 1.165) is 18.2 Å². The summed E-state index contributed by atoms with van der Waals surface area (Å²) in [5, 5.41) is 9.89. The quantitative estimate of drug-likeness (QED) is 0.613. The lowest BCUT2D eigenvalue weighted by Gasteiger charge is -2.17. The van der Waals surface area contributed by atoms with E-state index in [2.05, 4.69) is 24.6 Å². The number of benzene rings is 1. The zero-order valence-electron chi connectivity index (χ0n) is 14.2. The Hall–Kier alpha value is -1.50. The minimum absolute atomic E-state index is 0.367. The number of aliphatic hydroxyl groups is 1. The van der Waals surface area contributed by atoms with Crippen LogP contribution in [0.15, 0.2) is 30.6 Å². The highest BCUT2D eigenvalue weighted by Gasteiger charge is 2.16. The van der Waals surface area contributed by atoms with Crippen LogP contribution in [0, 0.1) is 5.82 Å². The second kappa shape index (κ2) is 7.38. The minimum atomic E-state index is -1.11. The van der Waals surface area contributed by atoms with Crippen LogP contribution in [-0.2, 0) is 11.5 Å². The first kappa shape index (κ1) is 17.8. The molecule has 1 aromatic carbocycles. The second-order valence-electron chi connectivity index (χ2n) is 6.98. The summed E-state index contributed by atoms with van der Waals surface area (Å²) >= 11 is 0. The monoisotopic (exact) mass is 336 g/mol. The van der Waals surface area contributed by atoms with Crippen LogP contribution in [0.3, 0.4) is 0 Å². The summed E-state index contributed by atoms with van der Waals surface area (Å²) in [5.41, 5.74) is 1.25. The molecule has 126 valence electrons. The molecule has 2 rings (SSSR count). The summed E-state index contributed by atoms with van der Waals surface area (Å²) in [6, 6.07) is 5.49. The van der Waals surface area contributed by atoms with Crippen molar-refractivity contribution >= 4 is 8.07 Å². The first-order valence-corrected chi connectivity index (χ1v) is 11.6. The van der Waals surface area contributed by atoms with Crippen molar-refractivity contribution in [2.45, 2.75) is 45.4 Å². The topological polar surface area (TPSA) is 47.3 Å². The number of halogens is 1. The molecular formula is C17H25FN2O2Si. The molecule has 1 atom stereocenters. The highest BCUT2D eigenvalue weighted by atomic mass is 28.3. The predicted octanol–water partition coefficient (Wildman–Crippen LogP) is 4.05. The standard InChI is InChI=1S/C17H25FN2O2Si/c1-13(21)16-11-14(18)5-6-15(16)17-19-7-8-20(17)12-22-9-10-23(2,3)4/h5-8,11,13,21H,9-10,12H2,1-4H3/t13-/m0/s1. The molecule has 0 bridgehead atoms. The van der Waals surface area contributed by atoms with Gasteiger partial charge in [0.05, 0.1) is 6.10 Å². The van der Waals surface area contributed by atoms with Gasteiger partial charge in [0.25, 0.3) is 0 Å². The molecule has 2 aromatic rings. The van der Waals surface area contributed by atoms with Gasteiger partial charge in [0.15, 0.2) is 0 Å². The van der Waals surface area contributed by atoms with E-state index in [1.165, 1.54) is 12.1 Å². The van der Waals surface area contributed by atoms with E-state index in [1.54, 1.807) is 19.2 Å². The number of nitrogens with zero attached hydrogens (tertiary/aromatic N) is 2. The van der Waals surface area contributed by atoms with Gasteiger partial charge in [0.1, 0.15) is 18.4 Å². The summed E-state index contributed by atoms with van der Waals surface area (Å²) in [4.78, 5) is 4.34. The van der Waals surface area contributed by atoms with Gasteiger partial charge < -0.3 is 14.4 Å². The molecule has 23 heavy (non-hydrogen) atoms. The Kier molecular flexibility index (Phi) is 5.72. The van der Waals surface area contributed by atoms with Crippen LogP contribution in [0.1, 0.15) is 18.6 Å². The third-order valence-electron chi connectivity index (χ3n) is 3.65. The summed E-state index contributed by atoms with van der Waals surface area (Å²) in [6.45, 7) is 9.68. The average molecular weight is 336 g/mol. The summed E-state index contributed by atoms with van der Waals surface area (Å²) in [5.74, 6) is 0.308. The molecule has 0 aliphatic heterocycles. The van der Waals surface area contributed by atoms with E-state index >= 15 is 0 Å². The number of ether oxygens (including phenoxy) is 1. The summed E-state index contributed by atoms with van der Waals surface area (Å²) in [7, 11) is -1.11. The fourth-order valence-electron chi connectivity index (χ4n) is 2.28. The zero-order valence-corrected chi connectivity index (χ0v) is 15.2. The molecule has 0 amide bonds. The fourth-order valence-corrected chi connectivity index (χ4v) is 3.04. The van der Waals surface area contributed by atoms with Crippen molar-refractivity contribution in [1.82, 2.24) is 9.55 Å². The molecule has 1 aromatic heterocycles. The molecule has 1 heterocycles. The molecule has 6 heteroatoms. The van der Waals surface area contributed by atoms with Gasteiger partial charge in [-0.15, -0.1) is 0 Å². The Labute approximate surface area is 138 Å². The minimum Gasteiger partial charge on any atom is -0.389 e. The van der Waals surface area contributed by atoms with Crippen LogP contribution in [0.25, 0.3) is 11.4 Å². The van der Waals surface area contributed by atoms with E-state index < -0.39 is 14.2 Å². The van der Waals surface area contributed by atoms with E-state index in [9.17, 15) is 9.50 Å². The van der Waals surface area contributed by atoms with Crippen molar-refractivity contribution in [3.8, 4) is 11.4 Å². The number of aromatic nitrogens is 2. The highest BCUT2D eigenvalue weighted by Crippen LogP contribution is 2.28. The molecule has 0 unspecified atom stereocenters. The molecule has 0 aliphatic rings. The van der Waals surface area contributed by atoms with Crippen LogP contribution < -0.4 is 0 Å². The Morgan fingerprint density at radius 3 is 2.74 bits per heavy atom.